The highest BCUT2D eigenvalue weighted by molar-refractivity contribution is 6.43. The van der Waals surface area contributed by atoms with Gasteiger partial charge < -0.3 is 21.1 Å². The van der Waals surface area contributed by atoms with Crippen LogP contribution in [0.3, 0.4) is 0 Å². The van der Waals surface area contributed by atoms with Crippen LogP contribution in [0.1, 0.15) is 25.8 Å². The van der Waals surface area contributed by atoms with Crippen LogP contribution >= 0.6 is 0 Å². The van der Waals surface area contributed by atoms with Gasteiger partial charge in [-0.15, -0.1) is 0 Å². The second kappa shape index (κ2) is 8.28. The molecule has 0 saturated carbocycles. The van der Waals surface area contributed by atoms with Crippen molar-refractivity contribution in [2.45, 2.75) is 38.7 Å². The summed E-state index contributed by atoms with van der Waals surface area (Å²) in [5.74, 6) is -0.851. The Morgan fingerprint density at radius 1 is 1.17 bits per heavy atom. The van der Waals surface area contributed by atoms with E-state index in [0.717, 1.165) is 16.3 Å². The van der Waals surface area contributed by atoms with Crippen molar-refractivity contribution in [2.24, 2.45) is 11.7 Å². The Balaban J connectivity index is 2.01. The average Bonchev–Trinajstić information content (AvgIpc) is 2.53. The summed E-state index contributed by atoms with van der Waals surface area (Å²) in [5, 5.41) is 23.7. The molecular weight excluding hydrogens is 303 g/mol. The van der Waals surface area contributed by atoms with Crippen molar-refractivity contribution >= 4 is 23.8 Å². The summed E-state index contributed by atoms with van der Waals surface area (Å²) in [6.45, 7) is 3.91. The van der Waals surface area contributed by atoms with Gasteiger partial charge in [-0.1, -0.05) is 56.3 Å². The molecular formula is C18H25BN2O3. The lowest BCUT2D eigenvalue weighted by Gasteiger charge is -2.22. The highest BCUT2D eigenvalue weighted by Gasteiger charge is 2.27. The van der Waals surface area contributed by atoms with E-state index in [1.54, 1.807) is 0 Å². The molecule has 0 heterocycles. The Labute approximate surface area is 143 Å². The van der Waals surface area contributed by atoms with E-state index < -0.39 is 19.1 Å². The van der Waals surface area contributed by atoms with E-state index in [2.05, 4.69) is 5.32 Å². The normalized spacial score (nSPS) is 13.8. The summed E-state index contributed by atoms with van der Waals surface area (Å²) in [6, 6.07) is 13.3. The Morgan fingerprint density at radius 3 is 2.46 bits per heavy atom. The van der Waals surface area contributed by atoms with Gasteiger partial charge in [-0.2, -0.15) is 0 Å². The lowest BCUT2D eigenvalue weighted by molar-refractivity contribution is -0.122. The molecule has 0 aromatic heterocycles. The van der Waals surface area contributed by atoms with Crippen LogP contribution in [-0.4, -0.2) is 35.1 Å². The molecule has 5 N–H and O–H groups in total. The van der Waals surface area contributed by atoms with Gasteiger partial charge >= 0.3 is 7.12 Å². The van der Waals surface area contributed by atoms with Crippen LogP contribution in [0.4, 0.5) is 0 Å². The summed E-state index contributed by atoms with van der Waals surface area (Å²) in [6.07, 6.45) is 0.874. The summed E-state index contributed by atoms with van der Waals surface area (Å²) >= 11 is 0. The number of hydrogen-bond acceptors (Lipinski definition) is 4. The van der Waals surface area contributed by atoms with E-state index in [4.69, 9.17) is 5.73 Å². The first-order valence-corrected chi connectivity index (χ1v) is 8.26. The monoisotopic (exact) mass is 328 g/mol. The fourth-order valence-electron chi connectivity index (χ4n) is 2.77. The van der Waals surface area contributed by atoms with Crippen molar-refractivity contribution in [3.8, 4) is 0 Å². The average molecular weight is 328 g/mol. The Bertz CT molecular complexity index is 691. The van der Waals surface area contributed by atoms with Crippen molar-refractivity contribution < 1.29 is 14.8 Å². The molecule has 2 aromatic rings. The third kappa shape index (κ3) is 5.06. The molecule has 5 nitrogen and oxygen atoms in total. The lowest BCUT2D eigenvalue weighted by Crippen LogP contribution is -2.52. The zero-order valence-electron chi connectivity index (χ0n) is 14.1. The number of rotatable bonds is 7. The third-order valence-corrected chi connectivity index (χ3v) is 4.02. The van der Waals surface area contributed by atoms with Gasteiger partial charge in [0.1, 0.15) is 0 Å². The molecule has 0 fully saturated rings. The first-order valence-electron chi connectivity index (χ1n) is 8.26. The van der Waals surface area contributed by atoms with E-state index >= 15 is 0 Å². The smallest absolute Gasteiger partial charge is 0.426 e. The molecule has 1 amide bonds. The second-order valence-corrected chi connectivity index (χ2v) is 6.65. The van der Waals surface area contributed by atoms with Crippen LogP contribution in [0.25, 0.3) is 10.8 Å². The largest absolute Gasteiger partial charge is 0.475 e. The summed E-state index contributed by atoms with van der Waals surface area (Å²) in [5.41, 5.74) is 6.97. The van der Waals surface area contributed by atoms with Gasteiger partial charge in [-0.3, -0.25) is 4.79 Å². The van der Waals surface area contributed by atoms with Gasteiger partial charge in [0.25, 0.3) is 0 Å². The molecule has 0 aliphatic rings. The Kier molecular flexibility index (Phi) is 6.37. The number of benzene rings is 2. The van der Waals surface area contributed by atoms with Crippen LogP contribution in [0.5, 0.6) is 0 Å². The molecule has 2 rings (SSSR count). The van der Waals surface area contributed by atoms with Gasteiger partial charge in [0.15, 0.2) is 0 Å². The molecule has 24 heavy (non-hydrogen) atoms. The van der Waals surface area contributed by atoms with E-state index in [1.807, 2.05) is 56.3 Å². The standard InChI is InChI=1S/C18H25BN2O3/c1-12(2)9-17(19(23)24)21-18(22)16(20)11-13-7-8-14-5-3-4-6-15(14)10-13/h3-8,10,12,16-17,23-24H,9,11,20H2,1-2H3,(H,21,22)/t16-,17-/m0/s1. The van der Waals surface area contributed by atoms with Crippen molar-refractivity contribution in [2.75, 3.05) is 0 Å². The predicted molar refractivity (Wildman–Crippen MR) is 97.2 cm³/mol. The number of carbonyl (C=O) groups is 1. The molecule has 6 heteroatoms. The zero-order chi connectivity index (χ0) is 17.7. The summed E-state index contributed by atoms with van der Waals surface area (Å²) in [7, 11) is -1.59. The fraction of sp³-hybridized carbons (Fsp3) is 0.389. The topological polar surface area (TPSA) is 95.6 Å². The summed E-state index contributed by atoms with van der Waals surface area (Å²) < 4.78 is 0. The first-order chi connectivity index (χ1) is 11.4. The van der Waals surface area contributed by atoms with Gasteiger partial charge in [0, 0.05) is 0 Å². The molecule has 2 aromatic carbocycles. The SMILES string of the molecule is CC(C)C[C@H](NC(=O)[C@@H](N)Cc1ccc2ccccc2c1)B(O)O. The molecule has 0 radical (unpaired) electrons. The number of nitrogens with one attached hydrogen (secondary N) is 1. The number of carbonyl (C=O) groups excluding carboxylic acids is 1. The molecule has 0 unspecified atom stereocenters. The number of amides is 1. The van der Waals surface area contributed by atoms with Crippen LogP contribution in [0, 0.1) is 5.92 Å². The quantitative estimate of drug-likeness (QED) is 0.575. The number of fused-ring (bicyclic) bond motifs is 1. The molecule has 0 saturated heterocycles. The van der Waals surface area contributed by atoms with Gasteiger partial charge in [0.2, 0.25) is 5.91 Å². The first kappa shape index (κ1) is 18.5. The van der Waals surface area contributed by atoms with E-state index in [-0.39, 0.29) is 11.8 Å². The van der Waals surface area contributed by atoms with E-state index in [9.17, 15) is 14.8 Å². The van der Waals surface area contributed by atoms with Crippen molar-refractivity contribution in [3.63, 3.8) is 0 Å². The molecule has 0 spiro atoms. The second-order valence-electron chi connectivity index (χ2n) is 6.65. The molecule has 128 valence electrons. The minimum atomic E-state index is -1.59. The minimum Gasteiger partial charge on any atom is -0.426 e. The van der Waals surface area contributed by atoms with E-state index in [0.29, 0.717) is 12.8 Å². The molecule has 0 aliphatic heterocycles. The van der Waals surface area contributed by atoms with E-state index in [1.165, 1.54) is 0 Å². The number of nitrogens with two attached hydrogens (primary N) is 1. The fourth-order valence-corrected chi connectivity index (χ4v) is 2.77. The third-order valence-electron chi connectivity index (χ3n) is 4.02. The number of hydrogen-bond donors (Lipinski definition) is 4. The Morgan fingerprint density at radius 2 is 1.83 bits per heavy atom. The van der Waals surface area contributed by atoms with Crippen molar-refractivity contribution in [3.05, 3.63) is 48.0 Å². The lowest BCUT2D eigenvalue weighted by atomic mass is 9.75. The minimum absolute atomic E-state index is 0.230. The molecule has 2 atom stereocenters. The molecule has 0 bridgehead atoms. The van der Waals surface area contributed by atoms with Crippen LogP contribution < -0.4 is 11.1 Å². The van der Waals surface area contributed by atoms with Gasteiger partial charge in [-0.25, -0.2) is 0 Å². The molecule has 0 aliphatic carbocycles. The zero-order valence-corrected chi connectivity index (χ0v) is 14.1. The highest BCUT2D eigenvalue weighted by Crippen LogP contribution is 2.16. The van der Waals surface area contributed by atoms with Crippen LogP contribution in [0.15, 0.2) is 42.5 Å². The summed E-state index contributed by atoms with van der Waals surface area (Å²) in [4.78, 5) is 12.2. The van der Waals surface area contributed by atoms with Gasteiger partial charge in [-0.05, 0) is 35.1 Å². The van der Waals surface area contributed by atoms with Crippen LogP contribution in [-0.2, 0) is 11.2 Å². The maximum atomic E-state index is 12.2. The predicted octanol–water partition coefficient (Wildman–Crippen LogP) is 1.25. The Hall–Kier alpha value is -1.89. The highest BCUT2D eigenvalue weighted by atomic mass is 16.4. The maximum Gasteiger partial charge on any atom is 0.475 e. The van der Waals surface area contributed by atoms with Crippen molar-refractivity contribution in [1.29, 1.82) is 0 Å². The maximum absolute atomic E-state index is 12.2. The van der Waals surface area contributed by atoms with Crippen molar-refractivity contribution in [1.82, 2.24) is 5.32 Å². The van der Waals surface area contributed by atoms with Gasteiger partial charge in [0.05, 0.1) is 12.0 Å². The van der Waals surface area contributed by atoms with Crippen LogP contribution in [0.2, 0.25) is 0 Å².